The lowest BCUT2D eigenvalue weighted by Crippen LogP contribution is -2.26. The summed E-state index contributed by atoms with van der Waals surface area (Å²) in [4.78, 5) is 26.1. The molecule has 1 aliphatic heterocycles. The second kappa shape index (κ2) is 7.92. The summed E-state index contributed by atoms with van der Waals surface area (Å²) in [6.45, 7) is 2.03. The average Bonchev–Trinajstić information content (AvgIpc) is 3.10. The number of hydrogen-bond donors (Lipinski definition) is 1. The summed E-state index contributed by atoms with van der Waals surface area (Å²) in [5.74, 6) is 0.0583. The minimum absolute atomic E-state index is 0.175. The number of carbonyl (C=O) groups is 2. The number of methoxy groups -OCH3 is 3. The lowest BCUT2D eigenvalue weighted by Gasteiger charge is -2.16. The number of carbonyl (C=O) groups excluding carboxylic acids is 2. The number of esters is 1. The molecule has 2 aromatic carbocycles. The van der Waals surface area contributed by atoms with Gasteiger partial charge in [0.05, 0.1) is 37.8 Å². The molecular weight excluding hydrogens is 366 g/mol. The molecule has 1 unspecified atom stereocenters. The average molecular weight is 387 g/mol. The summed E-state index contributed by atoms with van der Waals surface area (Å²) < 4.78 is 15.3. The van der Waals surface area contributed by atoms with Crippen LogP contribution in [0.3, 0.4) is 0 Å². The third-order valence-corrected chi connectivity index (χ3v) is 5.68. The Hall–Kier alpha value is -2.67. The fraction of sp³-hybridized carbons (Fsp3) is 0.300. The first-order chi connectivity index (χ1) is 13.0. The second-order valence-electron chi connectivity index (χ2n) is 6.16. The zero-order valence-electron chi connectivity index (χ0n) is 15.6. The molecule has 7 heteroatoms. The van der Waals surface area contributed by atoms with Crippen LogP contribution < -0.4 is 14.8 Å². The molecule has 27 heavy (non-hydrogen) atoms. The zero-order chi connectivity index (χ0) is 19.6. The minimum atomic E-state index is -0.566. The van der Waals surface area contributed by atoms with E-state index in [0.29, 0.717) is 23.6 Å². The molecule has 1 aliphatic rings. The van der Waals surface area contributed by atoms with E-state index in [1.54, 1.807) is 6.07 Å². The van der Waals surface area contributed by atoms with E-state index >= 15 is 0 Å². The van der Waals surface area contributed by atoms with Gasteiger partial charge in [0, 0.05) is 17.0 Å². The molecule has 0 radical (unpaired) electrons. The Morgan fingerprint density at radius 2 is 1.78 bits per heavy atom. The first-order valence-corrected chi connectivity index (χ1v) is 9.26. The molecule has 0 fully saturated rings. The van der Waals surface area contributed by atoms with E-state index in [1.807, 2.05) is 13.0 Å². The SMILES string of the molecule is COC(=O)c1cc(OC)c(OC)cc1NC(=O)C1Cc2ccc(C)cc2S1. The van der Waals surface area contributed by atoms with Crippen molar-refractivity contribution in [1.82, 2.24) is 0 Å². The molecule has 1 amide bonds. The van der Waals surface area contributed by atoms with Gasteiger partial charge < -0.3 is 19.5 Å². The summed E-state index contributed by atoms with van der Waals surface area (Å²) in [6, 6.07) is 9.26. The second-order valence-corrected chi connectivity index (χ2v) is 7.40. The van der Waals surface area contributed by atoms with Gasteiger partial charge in [-0.3, -0.25) is 4.79 Å². The summed E-state index contributed by atoms with van der Waals surface area (Å²) in [6.07, 6.45) is 0.646. The smallest absolute Gasteiger partial charge is 0.340 e. The normalized spacial score (nSPS) is 15.0. The van der Waals surface area contributed by atoms with Gasteiger partial charge in [-0.05, 0) is 25.0 Å². The van der Waals surface area contributed by atoms with Crippen molar-refractivity contribution in [3.8, 4) is 11.5 Å². The largest absolute Gasteiger partial charge is 0.493 e. The van der Waals surface area contributed by atoms with Gasteiger partial charge in [-0.25, -0.2) is 4.79 Å². The van der Waals surface area contributed by atoms with E-state index in [2.05, 4.69) is 17.4 Å². The Balaban J connectivity index is 1.86. The zero-order valence-corrected chi connectivity index (χ0v) is 16.4. The molecule has 0 spiro atoms. The van der Waals surface area contributed by atoms with E-state index in [-0.39, 0.29) is 16.7 Å². The molecule has 1 heterocycles. The van der Waals surface area contributed by atoms with Crippen molar-refractivity contribution in [3.63, 3.8) is 0 Å². The van der Waals surface area contributed by atoms with Crippen molar-refractivity contribution in [2.45, 2.75) is 23.5 Å². The van der Waals surface area contributed by atoms with Gasteiger partial charge in [0.15, 0.2) is 11.5 Å². The maximum atomic E-state index is 12.8. The van der Waals surface area contributed by atoms with Crippen molar-refractivity contribution < 1.29 is 23.8 Å². The molecule has 6 nitrogen and oxygen atoms in total. The quantitative estimate of drug-likeness (QED) is 0.792. The number of amides is 1. The highest BCUT2D eigenvalue weighted by atomic mass is 32.2. The maximum Gasteiger partial charge on any atom is 0.340 e. The number of thioether (sulfide) groups is 1. The number of nitrogens with one attached hydrogen (secondary N) is 1. The molecule has 1 N–H and O–H groups in total. The Morgan fingerprint density at radius 1 is 1.07 bits per heavy atom. The monoisotopic (exact) mass is 387 g/mol. The van der Waals surface area contributed by atoms with Crippen LogP contribution in [0.25, 0.3) is 0 Å². The van der Waals surface area contributed by atoms with Crippen LogP contribution in [0.15, 0.2) is 35.2 Å². The third kappa shape index (κ3) is 3.88. The number of hydrogen-bond acceptors (Lipinski definition) is 6. The number of ether oxygens (including phenoxy) is 3. The lowest BCUT2D eigenvalue weighted by molar-refractivity contribution is -0.115. The van der Waals surface area contributed by atoms with Crippen molar-refractivity contribution >= 4 is 29.3 Å². The first kappa shape index (κ1) is 19.1. The number of fused-ring (bicyclic) bond motifs is 1. The Bertz CT molecular complexity index is 896. The number of benzene rings is 2. The maximum absolute atomic E-state index is 12.8. The molecule has 3 rings (SSSR count). The van der Waals surface area contributed by atoms with Crippen LogP contribution in [0.5, 0.6) is 11.5 Å². The number of rotatable bonds is 5. The van der Waals surface area contributed by atoms with Gasteiger partial charge in [-0.2, -0.15) is 0 Å². The van der Waals surface area contributed by atoms with Crippen molar-refractivity contribution in [3.05, 3.63) is 47.0 Å². The van der Waals surface area contributed by atoms with Crippen LogP contribution in [-0.4, -0.2) is 38.5 Å². The molecular formula is C20H21NO5S. The molecule has 142 valence electrons. The van der Waals surface area contributed by atoms with Gasteiger partial charge in [-0.1, -0.05) is 17.7 Å². The third-order valence-electron chi connectivity index (χ3n) is 4.38. The summed E-state index contributed by atoms with van der Waals surface area (Å²) in [7, 11) is 4.26. The summed E-state index contributed by atoms with van der Waals surface area (Å²) in [5, 5.41) is 2.58. The molecule has 0 saturated carbocycles. The van der Waals surface area contributed by atoms with E-state index in [9.17, 15) is 9.59 Å². The van der Waals surface area contributed by atoms with Gasteiger partial charge in [0.1, 0.15) is 0 Å². The lowest BCUT2D eigenvalue weighted by atomic mass is 10.1. The summed E-state index contributed by atoms with van der Waals surface area (Å²) in [5.41, 5.74) is 2.86. The van der Waals surface area contributed by atoms with Crippen molar-refractivity contribution in [1.29, 1.82) is 0 Å². The highest BCUT2D eigenvalue weighted by Gasteiger charge is 2.29. The Morgan fingerprint density at radius 3 is 2.44 bits per heavy atom. The van der Waals surface area contributed by atoms with E-state index in [1.165, 1.54) is 39.2 Å². The fourth-order valence-electron chi connectivity index (χ4n) is 2.96. The van der Waals surface area contributed by atoms with E-state index < -0.39 is 5.97 Å². The summed E-state index contributed by atoms with van der Waals surface area (Å²) >= 11 is 1.53. The highest BCUT2D eigenvalue weighted by molar-refractivity contribution is 8.01. The Labute approximate surface area is 162 Å². The molecule has 1 atom stereocenters. The van der Waals surface area contributed by atoms with Crippen LogP contribution in [-0.2, 0) is 16.0 Å². The number of anilines is 1. The van der Waals surface area contributed by atoms with E-state index in [4.69, 9.17) is 14.2 Å². The molecule has 0 aromatic heterocycles. The van der Waals surface area contributed by atoms with Crippen LogP contribution in [0.1, 0.15) is 21.5 Å². The van der Waals surface area contributed by atoms with Gasteiger partial charge >= 0.3 is 5.97 Å². The Kier molecular flexibility index (Phi) is 5.60. The van der Waals surface area contributed by atoms with Crippen LogP contribution >= 0.6 is 11.8 Å². The van der Waals surface area contributed by atoms with Crippen LogP contribution in [0, 0.1) is 6.92 Å². The van der Waals surface area contributed by atoms with Gasteiger partial charge in [0.25, 0.3) is 0 Å². The van der Waals surface area contributed by atoms with Crippen molar-refractivity contribution in [2.24, 2.45) is 0 Å². The predicted octanol–water partition coefficient (Wildman–Crippen LogP) is 3.45. The predicted molar refractivity (Wildman–Crippen MR) is 104 cm³/mol. The molecule has 0 bridgehead atoms. The minimum Gasteiger partial charge on any atom is -0.493 e. The molecule has 0 aliphatic carbocycles. The highest BCUT2D eigenvalue weighted by Crippen LogP contribution is 2.39. The standard InChI is InChI=1S/C20H21NO5S/c1-11-5-6-12-8-18(27-17(12)7-11)19(22)21-14-10-16(25-3)15(24-2)9-13(14)20(23)26-4/h5-7,9-10,18H,8H2,1-4H3,(H,21,22). The fourth-order valence-corrected chi connectivity index (χ4v) is 4.25. The van der Waals surface area contributed by atoms with Gasteiger partial charge in [0.2, 0.25) is 5.91 Å². The molecule has 0 saturated heterocycles. The van der Waals surface area contributed by atoms with Crippen LogP contribution in [0.4, 0.5) is 5.69 Å². The topological polar surface area (TPSA) is 73.9 Å². The molecule has 2 aromatic rings. The first-order valence-electron chi connectivity index (χ1n) is 8.38. The number of aryl methyl sites for hydroxylation is 1. The van der Waals surface area contributed by atoms with E-state index in [0.717, 1.165) is 16.0 Å². The van der Waals surface area contributed by atoms with Gasteiger partial charge in [-0.15, -0.1) is 11.8 Å². The van der Waals surface area contributed by atoms with Crippen LogP contribution in [0.2, 0.25) is 0 Å². The van der Waals surface area contributed by atoms with Crippen molar-refractivity contribution in [2.75, 3.05) is 26.6 Å².